The number of nitrogens with zero attached hydrogens (tertiary/aromatic N) is 3. The summed E-state index contributed by atoms with van der Waals surface area (Å²) in [6.45, 7) is 3.69. The molecule has 2 aliphatic heterocycles. The van der Waals surface area contributed by atoms with Crippen LogP contribution in [0.1, 0.15) is 35.3 Å². The van der Waals surface area contributed by atoms with Crippen molar-refractivity contribution in [2.24, 2.45) is 0 Å². The molecule has 3 heterocycles. The molecule has 0 radical (unpaired) electrons. The van der Waals surface area contributed by atoms with Crippen molar-refractivity contribution in [3.8, 4) is 0 Å². The van der Waals surface area contributed by atoms with Crippen LogP contribution in [-0.4, -0.2) is 53.5 Å². The van der Waals surface area contributed by atoms with Crippen molar-refractivity contribution in [2.45, 2.75) is 31.8 Å². The Kier molecular flexibility index (Phi) is 5.13. The lowest BCUT2D eigenvalue weighted by Crippen LogP contribution is -2.61. The fourth-order valence-electron chi connectivity index (χ4n) is 3.98. The van der Waals surface area contributed by atoms with Gasteiger partial charge in [-0.1, -0.05) is 24.3 Å². The molecule has 6 nitrogen and oxygen atoms in total. The van der Waals surface area contributed by atoms with Gasteiger partial charge in [-0.15, -0.1) is 0 Å². The first-order valence-corrected chi connectivity index (χ1v) is 9.82. The predicted octanol–water partition coefficient (Wildman–Crippen LogP) is 2.82. The van der Waals surface area contributed by atoms with Crippen molar-refractivity contribution < 1.29 is 14.3 Å². The third-order valence-corrected chi connectivity index (χ3v) is 5.52. The van der Waals surface area contributed by atoms with Crippen LogP contribution >= 0.6 is 0 Å². The number of hydrogen-bond acceptors (Lipinski definition) is 4. The molecule has 2 saturated heterocycles. The first-order chi connectivity index (χ1) is 13.6. The van der Waals surface area contributed by atoms with E-state index in [2.05, 4.69) is 4.98 Å². The molecular weight excluding hydrogens is 354 g/mol. The Labute approximate surface area is 165 Å². The molecule has 0 N–H and O–H groups in total. The monoisotopic (exact) mass is 379 g/mol. The third kappa shape index (κ3) is 3.52. The van der Waals surface area contributed by atoms with Gasteiger partial charge < -0.3 is 14.5 Å². The second-order valence-corrected chi connectivity index (χ2v) is 7.54. The minimum Gasteiger partial charge on any atom is -0.361 e. The number of morpholine rings is 1. The van der Waals surface area contributed by atoms with E-state index in [1.54, 1.807) is 17.2 Å². The van der Waals surface area contributed by atoms with E-state index in [4.69, 9.17) is 4.74 Å². The maximum absolute atomic E-state index is 13.5. The number of aromatic nitrogens is 1. The summed E-state index contributed by atoms with van der Waals surface area (Å²) < 4.78 is 6.08. The van der Waals surface area contributed by atoms with Crippen LogP contribution < -0.4 is 4.90 Å². The molecule has 146 valence electrons. The molecule has 0 bridgehead atoms. The van der Waals surface area contributed by atoms with E-state index in [0.717, 1.165) is 24.1 Å². The maximum Gasteiger partial charge on any atom is 0.272 e. The van der Waals surface area contributed by atoms with Gasteiger partial charge in [0.25, 0.3) is 11.8 Å². The van der Waals surface area contributed by atoms with E-state index in [-0.39, 0.29) is 18.4 Å². The zero-order valence-electron chi connectivity index (χ0n) is 16.1. The van der Waals surface area contributed by atoms with Gasteiger partial charge in [0.1, 0.15) is 5.69 Å². The molecule has 1 aromatic heterocycles. The zero-order valence-corrected chi connectivity index (χ0v) is 16.1. The number of aryl methyl sites for hydroxylation is 1. The largest absolute Gasteiger partial charge is 0.361 e. The number of benzene rings is 1. The zero-order chi connectivity index (χ0) is 19.6. The van der Waals surface area contributed by atoms with Crippen LogP contribution in [-0.2, 0) is 9.53 Å². The summed E-state index contributed by atoms with van der Waals surface area (Å²) >= 11 is 0. The van der Waals surface area contributed by atoms with E-state index in [9.17, 15) is 9.59 Å². The fourth-order valence-corrected chi connectivity index (χ4v) is 3.98. The average Bonchev–Trinajstić information content (AvgIpc) is 2.88. The molecule has 2 aromatic rings. The smallest absolute Gasteiger partial charge is 0.272 e. The minimum atomic E-state index is -0.981. The summed E-state index contributed by atoms with van der Waals surface area (Å²) in [5, 5.41) is 0. The van der Waals surface area contributed by atoms with Gasteiger partial charge >= 0.3 is 0 Å². The molecule has 6 heteroatoms. The van der Waals surface area contributed by atoms with Gasteiger partial charge in [0.15, 0.2) is 5.60 Å². The van der Waals surface area contributed by atoms with Crippen LogP contribution in [0, 0.1) is 6.92 Å². The number of ether oxygens (including phenoxy) is 1. The average molecular weight is 379 g/mol. The summed E-state index contributed by atoms with van der Waals surface area (Å²) in [5.74, 6) is -0.198. The number of pyridine rings is 1. The quantitative estimate of drug-likeness (QED) is 0.805. The Hall–Kier alpha value is -2.73. The van der Waals surface area contributed by atoms with Crippen molar-refractivity contribution in [1.82, 2.24) is 9.88 Å². The van der Waals surface area contributed by atoms with Gasteiger partial charge in [-0.3, -0.25) is 14.6 Å². The first-order valence-electron chi connectivity index (χ1n) is 9.82. The minimum absolute atomic E-state index is 0.0504. The van der Waals surface area contributed by atoms with E-state index in [0.29, 0.717) is 31.8 Å². The van der Waals surface area contributed by atoms with Crippen molar-refractivity contribution in [3.63, 3.8) is 0 Å². The summed E-state index contributed by atoms with van der Waals surface area (Å²) in [6, 6.07) is 13.3. The molecule has 0 aliphatic carbocycles. The van der Waals surface area contributed by atoms with Crippen LogP contribution in [0.3, 0.4) is 0 Å². The maximum atomic E-state index is 13.5. The Morgan fingerprint density at radius 3 is 2.68 bits per heavy atom. The number of hydrogen-bond donors (Lipinski definition) is 0. The summed E-state index contributed by atoms with van der Waals surface area (Å²) in [6.07, 6.45) is 4.12. The summed E-state index contributed by atoms with van der Waals surface area (Å²) in [4.78, 5) is 34.3. The molecule has 1 unspecified atom stereocenters. The van der Waals surface area contributed by atoms with Crippen molar-refractivity contribution in [2.75, 3.05) is 31.1 Å². The second kappa shape index (κ2) is 7.72. The van der Waals surface area contributed by atoms with E-state index in [1.165, 1.54) is 0 Å². The molecule has 1 atom stereocenters. The molecule has 28 heavy (non-hydrogen) atoms. The van der Waals surface area contributed by atoms with Gasteiger partial charge in [0.05, 0.1) is 13.2 Å². The van der Waals surface area contributed by atoms with Crippen LogP contribution in [0.2, 0.25) is 0 Å². The fraction of sp³-hybridized carbons (Fsp3) is 0.409. The highest BCUT2D eigenvalue weighted by Crippen LogP contribution is 2.32. The standard InChI is InChI=1S/C22H25N3O3/c1-17-9-10-19(23-15-17)20(26)24-13-14-28-22(16-24)11-5-6-12-25(21(22)27)18-7-3-2-4-8-18/h2-4,7-10,15H,5-6,11-14,16H2,1H3. The molecule has 1 aromatic carbocycles. The summed E-state index contributed by atoms with van der Waals surface area (Å²) in [5.41, 5.74) is 1.31. The van der Waals surface area contributed by atoms with Gasteiger partial charge in [0.2, 0.25) is 0 Å². The van der Waals surface area contributed by atoms with Gasteiger partial charge in [-0.05, 0) is 49.9 Å². The highest BCUT2D eigenvalue weighted by molar-refractivity contribution is 6.01. The molecule has 2 amide bonds. The Balaban J connectivity index is 1.59. The van der Waals surface area contributed by atoms with Crippen molar-refractivity contribution in [1.29, 1.82) is 0 Å². The number of amides is 2. The Bertz CT molecular complexity index is 853. The van der Waals surface area contributed by atoms with E-state index < -0.39 is 5.60 Å². The molecule has 2 fully saturated rings. The molecule has 4 rings (SSSR count). The summed E-state index contributed by atoms with van der Waals surface area (Å²) in [7, 11) is 0. The molecule has 0 saturated carbocycles. The van der Waals surface area contributed by atoms with E-state index >= 15 is 0 Å². The molecular formula is C22H25N3O3. The lowest BCUT2D eigenvalue weighted by Gasteiger charge is -2.42. The van der Waals surface area contributed by atoms with Crippen LogP contribution in [0.15, 0.2) is 48.7 Å². The lowest BCUT2D eigenvalue weighted by atomic mass is 9.93. The number of para-hydroxylation sites is 1. The molecule has 2 aliphatic rings. The number of carbonyl (C=O) groups is 2. The normalized spacial score (nSPS) is 23.0. The van der Waals surface area contributed by atoms with Crippen LogP contribution in [0.5, 0.6) is 0 Å². The predicted molar refractivity (Wildman–Crippen MR) is 106 cm³/mol. The second-order valence-electron chi connectivity index (χ2n) is 7.54. The number of carbonyl (C=O) groups excluding carboxylic acids is 2. The van der Waals surface area contributed by atoms with Crippen molar-refractivity contribution >= 4 is 17.5 Å². The number of rotatable bonds is 2. The third-order valence-electron chi connectivity index (χ3n) is 5.52. The topological polar surface area (TPSA) is 62.7 Å². The van der Waals surface area contributed by atoms with E-state index in [1.807, 2.05) is 48.2 Å². The van der Waals surface area contributed by atoms with Gasteiger partial charge in [-0.25, -0.2) is 0 Å². The van der Waals surface area contributed by atoms with Gasteiger partial charge in [-0.2, -0.15) is 0 Å². The first kappa shape index (κ1) is 18.6. The number of anilines is 1. The highest BCUT2D eigenvalue weighted by atomic mass is 16.5. The van der Waals surface area contributed by atoms with Gasteiger partial charge in [0, 0.05) is 25.0 Å². The SMILES string of the molecule is Cc1ccc(C(=O)N2CCOC3(CCCCN(c4ccccc4)C3=O)C2)nc1. The lowest BCUT2D eigenvalue weighted by molar-refractivity contribution is -0.155. The highest BCUT2D eigenvalue weighted by Gasteiger charge is 2.48. The van der Waals surface area contributed by atoms with Crippen molar-refractivity contribution in [3.05, 3.63) is 59.9 Å². The Morgan fingerprint density at radius 2 is 1.93 bits per heavy atom. The Morgan fingerprint density at radius 1 is 1.11 bits per heavy atom. The van der Waals surface area contributed by atoms with Crippen LogP contribution in [0.25, 0.3) is 0 Å². The molecule has 1 spiro atoms. The van der Waals surface area contributed by atoms with Crippen LogP contribution in [0.4, 0.5) is 5.69 Å².